The van der Waals surface area contributed by atoms with E-state index in [0.29, 0.717) is 48.4 Å². The number of fused-ring (bicyclic) bond motifs is 6. The van der Waals surface area contributed by atoms with Crippen LogP contribution in [0, 0.1) is 0 Å². The Labute approximate surface area is 349 Å². The largest absolute Gasteiger partial charge is 0.327 e. The fourth-order valence-corrected chi connectivity index (χ4v) is 9.59. The summed E-state index contributed by atoms with van der Waals surface area (Å²) in [6.45, 7) is 1.11. The van der Waals surface area contributed by atoms with Crippen LogP contribution in [0.1, 0.15) is 79.8 Å². The van der Waals surface area contributed by atoms with Crippen molar-refractivity contribution in [2.45, 2.75) is 50.6 Å². The second kappa shape index (κ2) is 15.6. The van der Waals surface area contributed by atoms with Gasteiger partial charge in [0, 0.05) is 35.6 Å². The van der Waals surface area contributed by atoms with Gasteiger partial charge in [0.15, 0.2) is 0 Å². The van der Waals surface area contributed by atoms with E-state index in [9.17, 15) is 19.2 Å². The summed E-state index contributed by atoms with van der Waals surface area (Å²) in [6, 6.07) is 42.6. The molecule has 2 atom stereocenters. The summed E-state index contributed by atoms with van der Waals surface area (Å²) in [6.07, 6.45) is 8.24. The number of carbonyl (C=O) groups is 4. The summed E-state index contributed by atoms with van der Waals surface area (Å²) in [4.78, 5) is 58.4. The molecule has 296 valence electrons. The predicted octanol–water partition coefficient (Wildman–Crippen LogP) is 9.49. The smallest absolute Gasteiger partial charge is 0.254 e. The summed E-state index contributed by atoms with van der Waals surface area (Å²) >= 11 is 0. The molecule has 0 radical (unpaired) electrons. The lowest BCUT2D eigenvalue weighted by Crippen LogP contribution is -2.43. The molecule has 2 heterocycles. The lowest BCUT2D eigenvalue weighted by Gasteiger charge is -2.25. The second-order valence-electron chi connectivity index (χ2n) is 16.2. The van der Waals surface area contributed by atoms with Crippen LogP contribution in [-0.4, -0.2) is 58.6 Å². The molecule has 2 saturated heterocycles. The maximum atomic E-state index is 13.9. The van der Waals surface area contributed by atoms with Crippen molar-refractivity contribution in [2.24, 2.45) is 0 Å². The van der Waals surface area contributed by atoms with Gasteiger partial charge in [0.1, 0.15) is 12.1 Å². The van der Waals surface area contributed by atoms with Gasteiger partial charge < -0.3 is 20.4 Å². The highest BCUT2D eigenvalue weighted by Crippen LogP contribution is 2.40. The first-order valence-electron chi connectivity index (χ1n) is 20.9. The number of nitrogens with one attached hydrogen (secondary N) is 2. The van der Waals surface area contributed by atoms with Crippen LogP contribution < -0.4 is 10.6 Å². The molecule has 0 aromatic heterocycles. The van der Waals surface area contributed by atoms with E-state index in [-0.39, 0.29) is 23.6 Å². The normalized spacial score (nSPS) is 17.3. The zero-order chi connectivity index (χ0) is 40.7. The van der Waals surface area contributed by atoms with Crippen molar-refractivity contribution in [3.05, 3.63) is 178 Å². The van der Waals surface area contributed by atoms with Crippen molar-refractivity contribution in [2.75, 3.05) is 23.7 Å². The molecule has 4 aliphatic rings. The monoisotopic (exact) mass is 788 g/mol. The number of rotatable bonds is 8. The van der Waals surface area contributed by atoms with Gasteiger partial charge in [0.05, 0.1) is 0 Å². The summed E-state index contributed by atoms with van der Waals surface area (Å²) in [5.41, 5.74) is 13.7. The first-order valence-corrected chi connectivity index (χ1v) is 20.9. The highest BCUT2D eigenvalue weighted by Gasteiger charge is 2.38. The summed E-state index contributed by atoms with van der Waals surface area (Å²) in [5.74, 6) is -0.521. The zero-order valence-electron chi connectivity index (χ0n) is 33.2. The first-order chi connectivity index (χ1) is 29.4. The molecule has 8 heteroatoms. The molecule has 2 aliphatic heterocycles. The Morgan fingerprint density at radius 3 is 1.30 bits per heavy atom. The number of hydrogen-bond acceptors (Lipinski definition) is 4. The fraction of sp³-hybridized carbons (Fsp3) is 0.192. The predicted molar refractivity (Wildman–Crippen MR) is 237 cm³/mol. The summed E-state index contributed by atoms with van der Waals surface area (Å²) in [7, 11) is 0. The Kier molecular flexibility index (Phi) is 9.68. The topological polar surface area (TPSA) is 98.8 Å². The van der Waals surface area contributed by atoms with Crippen molar-refractivity contribution in [3.8, 4) is 22.3 Å². The number of carbonyl (C=O) groups excluding carboxylic acids is 4. The maximum absolute atomic E-state index is 13.9. The van der Waals surface area contributed by atoms with Crippen molar-refractivity contribution in [3.63, 3.8) is 0 Å². The molecule has 2 N–H and O–H groups in total. The van der Waals surface area contributed by atoms with Crippen molar-refractivity contribution >= 4 is 47.2 Å². The van der Waals surface area contributed by atoms with Gasteiger partial charge in [-0.1, -0.05) is 109 Å². The van der Waals surface area contributed by atoms with Gasteiger partial charge in [-0.15, -0.1) is 0 Å². The van der Waals surface area contributed by atoms with Gasteiger partial charge in [-0.3, -0.25) is 19.2 Å². The molecular formula is C52H44N4O4. The first kappa shape index (κ1) is 37.2. The van der Waals surface area contributed by atoms with Crippen LogP contribution in [0.4, 0.5) is 11.4 Å². The number of benzene rings is 6. The highest BCUT2D eigenvalue weighted by molar-refractivity contribution is 6.05. The minimum atomic E-state index is -0.530. The molecule has 2 fully saturated rings. The Morgan fingerprint density at radius 2 is 0.867 bits per heavy atom. The van der Waals surface area contributed by atoms with Gasteiger partial charge >= 0.3 is 0 Å². The van der Waals surface area contributed by atoms with E-state index in [1.807, 2.05) is 109 Å². The van der Waals surface area contributed by atoms with E-state index in [0.717, 1.165) is 59.1 Å². The van der Waals surface area contributed by atoms with E-state index < -0.39 is 12.1 Å². The van der Waals surface area contributed by atoms with Gasteiger partial charge in [0.25, 0.3) is 11.8 Å². The van der Waals surface area contributed by atoms with Gasteiger partial charge in [-0.2, -0.15) is 0 Å². The molecular weight excluding hydrogens is 745 g/mol. The standard InChI is InChI=1S/C52H44N4O4/c57-49(47-17-7-29-55(47)51(59)43-15-5-13-41-39-11-3-1-9-35(39)31-45(41)43)53-37-25-21-33(22-26-37)19-20-34-23-27-38(28-24-34)54-50(58)48-18-8-30-56(48)52(60)44-16-6-14-42-40-12-4-2-10-36(40)32-46(42)44/h1-6,9-16,19-28,47-48H,7-8,17-18,29-32H2,(H,53,57)(H,54,58)/b20-19+/t47-,48-/m0/s1. The zero-order valence-corrected chi connectivity index (χ0v) is 33.2. The molecule has 4 amide bonds. The van der Waals surface area contributed by atoms with Crippen LogP contribution in [0.2, 0.25) is 0 Å². The number of hydrogen-bond donors (Lipinski definition) is 2. The Hall–Kier alpha value is -7.06. The molecule has 10 rings (SSSR count). The van der Waals surface area contributed by atoms with E-state index in [4.69, 9.17) is 0 Å². The minimum Gasteiger partial charge on any atom is -0.327 e. The van der Waals surface area contributed by atoms with E-state index in [1.165, 1.54) is 22.3 Å². The van der Waals surface area contributed by atoms with E-state index >= 15 is 0 Å². The molecule has 0 unspecified atom stereocenters. The summed E-state index contributed by atoms with van der Waals surface area (Å²) in [5, 5.41) is 6.09. The molecule has 0 spiro atoms. The Balaban J connectivity index is 0.739. The minimum absolute atomic E-state index is 0.0847. The quantitative estimate of drug-likeness (QED) is 0.150. The average molecular weight is 789 g/mol. The van der Waals surface area contributed by atoms with Gasteiger partial charge in [0.2, 0.25) is 11.8 Å². The summed E-state index contributed by atoms with van der Waals surface area (Å²) < 4.78 is 0. The third-order valence-electron chi connectivity index (χ3n) is 12.6. The number of nitrogens with zero attached hydrogens (tertiary/aromatic N) is 2. The molecule has 6 aromatic carbocycles. The van der Waals surface area contributed by atoms with E-state index in [2.05, 4.69) is 47.0 Å². The molecule has 0 saturated carbocycles. The van der Waals surface area contributed by atoms with E-state index in [1.54, 1.807) is 9.80 Å². The molecule has 2 aliphatic carbocycles. The van der Waals surface area contributed by atoms with Gasteiger partial charge in [-0.25, -0.2) is 0 Å². The highest BCUT2D eigenvalue weighted by atomic mass is 16.2. The molecule has 0 bridgehead atoms. The Bertz CT molecular complexity index is 2530. The fourth-order valence-electron chi connectivity index (χ4n) is 9.59. The average Bonchev–Trinajstić information content (AvgIpc) is 4.11. The number of anilines is 2. The maximum Gasteiger partial charge on any atom is 0.254 e. The number of likely N-dealkylation sites (tertiary alicyclic amines) is 2. The Morgan fingerprint density at radius 1 is 0.467 bits per heavy atom. The van der Waals surface area contributed by atoms with Crippen LogP contribution in [-0.2, 0) is 22.4 Å². The van der Waals surface area contributed by atoms with Crippen LogP contribution in [0.15, 0.2) is 133 Å². The second-order valence-corrected chi connectivity index (χ2v) is 16.2. The van der Waals surface area contributed by atoms with Gasteiger partial charge in [-0.05, 0) is 131 Å². The third kappa shape index (κ3) is 6.87. The lowest BCUT2D eigenvalue weighted by atomic mass is 10.00. The molecule has 6 aromatic rings. The lowest BCUT2D eigenvalue weighted by molar-refractivity contribution is -0.120. The third-order valence-corrected chi connectivity index (χ3v) is 12.6. The van der Waals surface area contributed by atoms with Crippen LogP contribution in [0.25, 0.3) is 34.4 Å². The molecule has 60 heavy (non-hydrogen) atoms. The van der Waals surface area contributed by atoms with Crippen molar-refractivity contribution in [1.82, 2.24) is 9.80 Å². The van der Waals surface area contributed by atoms with Crippen LogP contribution in [0.5, 0.6) is 0 Å². The van der Waals surface area contributed by atoms with Crippen molar-refractivity contribution < 1.29 is 19.2 Å². The number of amides is 4. The van der Waals surface area contributed by atoms with Crippen molar-refractivity contribution in [1.29, 1.82) is 0 Å². The SMILES string of the molecule is O=C(Nc1ccc(/C=C/c2ccc(NC(=O)[C@@H]3CCCN3C(=O)c3cccc4c3Cc3ccccc3-4)cc2)cc1)[C@@H]1CCCN1C(=O)c1cccc2c1Cc1ccccc1-2. The van der Waals surface area contributed by atoms with Crippen LogP contribution in [0.3, 0.4) is 0 Å². The van der Waals surface area contributed by atoms with Crippen LogP contribution >= 0.6 is 0 Å². The molecule has 8 nitrogen and oxygen atoms in total.